The van der Waals surface area contributed by atoms with E-state index in [4.69, 9.17) is 22.1 Å². The van der Waals surface area contributed by atoms with Crippen molar-refractivity contribution in [1.29, 1.82) is 0 Å². The van der Waals surface area contributed by atoms with Gasteiger partial charge in [0.15, 0.2) is 5.69 Å². The molecular weight excluding hydrogens is 285 g/mol. The van der Waals surface area contributed by atoms with Gasteiger partial charge in [-0.25, -0.2) is 9.18 Å². The highest BCUT2D eigenvalue weighted by Gasteiger charge is 2.20. The van der Waals surface area contributed by atoms with Gasteiger partial charge in [-0.1, -0.05) is 23.7 Å². The topological polar surface area (TPSA) is 70.1 Å². The molecule has 0 radical (unpaired) electrons. The van der Waals surface area contributed by atoms with Gasteiger partial charge < -0.3 is 10.5 Å². The van der Waals surface area contributed by atoms with E-state index < -0.39 is 11.8 Å². The van der Waals surface area contributed by atoms with Crippen LogP contribution < -0.4 is 5.73 Å². The number of aromatic nitrogens is 2. The first kappa shape index (κ1) is 14.3. The van der Waals surface area contributed by atoms with Crippen LogP contribution in [0.25, 0.3) is 0 Å². The van der Waals surface area contributed by atoms with Crippen LogP contribution in [0.5, 0.6) is 0 Å². The fraction of sp³-hybridized carbons (Fsp3) is 0.231. The molecule has 1 aromatic heterocycles. The maximum absolute atomic E-state index is 13.7. The summed E-state index contributed by atoms with van der Waals surface area (Å²) in [6.07, 6.45) is 0. The van der Waals surface area contributed by atoms with Crippen molar-refractivity contribution in [3.8, 4) is 0 Å². The highest BCUT2D eigenvalue weighted by Crippen LogP contribution is 2.20. The third-order valence-corrected chi connectivity index (χ3v) is 3.14. The van der Waals surface area contributed by atoms with Crippen LogP contribution in [0.4, 0.5) is 10.1 Å². The first-order valence-corrected chi connectivity index (χ1v) is 6.18. The van der Waals surface area contributed by atoms with E-state index in [1.165, 1.54) is 16.8 Å². The number of esters is 1. The molecule has 0 bridgehead atoms. The zero-order chi connectivity index (χ0) is 14.9. The first-order valence-electron chi connectivity index (χ1n) is 5.81. The smallest absolute Gasteiger partial charge is 0.359 e. The molecule has 7 heteroatoms. The molecule has 0 aliphatic carbocycles. The second kappa shape index (κ2) is 5.50. The molecule has 2 N–H and O–H groups in total. The highest BCUT2D eigenvalue weighted by molar-refractivity contribution is 6.30. The molecule has 5 nitrogen and oxygen atoms in total. The number of benzene rings is 1. The lowest BCUT2D eigenvalue weighted by molar-refractivity contribution is 0.0457. The van der Waals surface area contributed by atoms with Gasteiger partial charge in [0.2, 0.25) is 0 Å². The van der Waals surface area contributed by atoms with Gasteiger partial charge in [0.1, 0.15) is 12.4 Å². The summed E-state index contributed by atoms with van der Waals surface area (Å²) in [5, 5.41) is 3.99. The van der Waals surface area contributed by atoms with Gasteiger partial charge in [0.25, 0.3) is 0 Å². The van der Waals surface area contributed by atoms with Crippen molar-refractivity contribution in [2.75, 3.05) is 5.73 Å². The predicted molar refractivity (Wildman–Crippen MR) is 72.9 cm³/mol. The van der Waals surface area contributed by atoms with Crippen LogP contribution in [0.1, 0.15) is 21.7 Å². The molecule has 0 spiro atoms. The lowest BCUT2D eigenvalue weighted by Gasteiger charge is -2.07. The van der Waals surface area contributed by atoms with Crippen molar-refractivity contribution in [3.05, 3.63) is 46.0 Å². The molecule has 0 saturated heterocycles. The van der Waals surface area contributed by atoms with E-state index in [2.05, 4.69) is 5.10 Å². The zero-order valence-corrected chi connectivity index (χ0v) is 11.7. The number of hydrogen-bond donors (Lipinski definition) is 1. The molecule has 1 heterocycles. The molecule has 0 fully saturated rings. The summed E-state index contributed by atoms with van der Waals surface area (Å²) in [4.78, 5) is 12.0. The van der Waals surface area contributed by atoms with Gasteiger partial charge in [0.05, 0.1) is 16.4 Å². The summed E-state index contributed by atoms with van der Waals surface area (Å²) >= 11 is 5.65. The molecule has 1 aromatic carbocycles. The van der Waals surface area contributed by atoms with Gasteiger partial charge in [-0.3, -0.25) is 4.68 Å². The normalized spacial score (nSPS) is 10.6. The molecular formula is C13H13ClFN3O2. The number of nitrogens with zero attached hydrogens (tertiary/aromatic N) is 2. The van der Waals surface area contributed by atoms with E-state index in [0.29, 0.717) is 5.69 Å². The Bertz CT molecular complexity index is 670. The van der Waals surface area contributed by atoms with Crippen LogP contribution in [0.3, 0.4) is 0 Å². The monoisotopic (exact) mass is 297 g/mol. The van der Waals surface area contributed by atoms with Crippen molar-refractivity contribution >= 4 is 23.3 Å². The van der Waals surface area contributed by atoms with Gasteiger partial charge in [0, 0.05) is 12.6 Å². The number of hydrogen-bond acceptors (Lipinski definition) is 4. The standard InChI is InChI=1S/C13H13ClFN3O2/c1-7-11(16)12(18(2)17-7)13(19)20-6-8-4-3-5-9(14)10(8)15/h3-5H,6,16H2,1-2H3. The maximum Gasteiger partial charge on any atom is 0.359 e. The number of carbonyl (C=O) groups is 1. The molecule has 0 saturated carbocycles. The summed E-state index contributed by atoms with van der Waals surface area (Å²) in [5.74, 6) is -1.26. The van der Waals surface area contributed by atoms with Gasteiger partial charge >= 0.3 is 5.97 Å². The number of nitrogen functional groups attached to an aromatic ring is 1. The lowest BCUT2D eigenvalue weighted by Crippen LogP contribution is -2.13. The SMILES string of the molecule is Cc1nn(C)c(C(=O)OCc2cccc(Cl)c2F)c1N. The van der Waals surface area contributed by atoms with E-state index in [-0.39, 0.29) is 28.6 Å². The van der Waals surface area contributed by atoms with Crippen LogP contribution in [-0.2, 0) is 18.4 Å². The third-order valence-electron chi connectivity index (χ3n) is 2.85. The highest BCUT2D eigenvalue weighted by atomic mass is 35.5. The fourth-order valence-electron chi connectivity index (χ4n) is 1.79. The minimum atomic E-state index is -0.662. The van der Waals surface area contributed by atoms with Crippen LogP contribution in [-0.4, -0.2) is 15.7 Å². The largest absolute Gasteiger partial charge is 0.456 e. The van der Waals surface area contributed by atoms with Crippen molar-refractivity contribution < 1.29 is 13.9 Å². The summed E-state index contributed by atoms with van der Waals surface area (Å²) < 4.78 is 20.0. The zero-order valence-electron chi connectivity index (χ0n) is 11.0. The summed E-state index contributed by atoms with van der Waals surface area (Å²) in [6, 6.07) is 4.49. The molecule has 0 atom stereocenters. The van der Waals surface area contributed by atoms with Crippen LogP contribution in [0.2, 0.25) is 5.02 Å². The number of carbonyl (C=O) groups excluding carboxylic acids is 1. The average molecular weight is 298 g/mol. The minimum absolute atomic E-state index is 0.0190. The number of halogens is 2. The Morgan fingerprint density at radius 1 is 1.55 bits per heavy atom. The maximum atomic E-state index is 13.7. The van der Waals surface area contributed by atoms with E-state index in [1.807, 2.05) is 0 Å². The van der Waals surface area contributed by atoms with Gasteiger partial charge in [-0.15, -0.1) is 0 Å². The van der Waals surface area contributed by atoms with Crippen molar-refractivity contribution in [2.45, 2.75) is 13.5 Å². The number of nitrogens with two attached hydrogens (primary N) is 1. The molecule has 2 aromatic rings. The Hall–Kier alpha value is -2.08. The second-order valence-electron chi connectivity index (χ2n) is 4.26. The van der Waals surface area contributed by atoms with E-state index >= 15 is 0 Å². The number of aryl methyl sites for hydroxylation is 2. The second-order valence-corrected chi connectivity index (χ2v) is 4.67. The minimum Gasteiger partial charge on any atom is -0.456 e. The van der Waals surface area contributed by atoms with E-state index in [0.717, 1.165) is 0 Å². The number of ether oxygens (including phenoxy) is 1. The van der Waals surface area contributed by atoms with Crippen molar-refractivity contribution in [3.63, 3.8) is 0 Å². The molecule has 0 aliphatic rings. The Balaban J connectivity index is 2.15. The molecule has 106 valence electrons. The summed E-state index contributed by atoms with van der Waals surface area (Å²) in [5.41, 5.74) is 6.88. The molecule has 0 amide bonds. The predicted octanol–water partition coefficient (Wildman–Crippen LogP) is 2.46. The first-order chi connectivity index (χ1) is 9.41. The Kier molecular flexibility index (Phi) is 3.94. The van der Waals surface area contributed by atoms with E-state index in [9.17, 15) is 9.18 Å². The molecule has 2 rings (SSSR count). The average Bonchev–Trinajstić information content (AvgIpc) is 2.65. The number of rotatable bonds is 3. The van der Waals surface area contributed by atoms with Gasteiger partial charge in [-0.05, 0) is 13.0 Å². The van der Waals surface area contributed by atoms with Crippen LogP contribution >= 0.6 is 11.6 Å². The Morgan fingerprint density at radius 2 is 2.25 bits per heavy atom. The Labute approximate surface area is 120 Å². The van der Waals surface area contributed by atoms with Crippen LogP contribution in [0.15, 0.2) is 18.2 Å². The number of anilines is 1. The van der Waals surface area contributed by atoms with Crippen molar-refractivity contribution in [2.24, 2.45) is 7.05 Å². The lowest BCUT2D eigenvalue weighted by atomic mass is 10.2. The summed E-state index contributed by atoms with van der Waals surface area (Å²) in [6.45, 7) is 1.46. The van der Waals surface area contributed by atoms with Crippen LogP contribution in [0, 0.1) is 12.7 Å². The van der Waals surface area contributed by atoms with Crippen molar-refractivity contribution in [1.82, 2.24) is 9.78 Å². The molecule has 0 unspecified atom stereocenters. The van der Waals surface area contributed by atoms with Gasteiger partial charge in [-0.2, -0.15) is 5.10 Å². The molecule has 20 heavy (non-hydrogen) atoms. The molecule has 0 aliphatic heterocycles. The quantitative estimate of drug-likeness (QED) is 0.884. The third kappa shape index (κ3) is 2.60. The van der Waals surface area contributed by atoms with E-state index in [1.54, 1.807) is 20.0 Å². The fourth-order valence-corrected chi connectivity index (χ4v) is 1.98. The summed E-state index contributed by atoms with van der Waals surface area (Å²) in [7, 11) is 1.58. The Morgan fingerprint density at radius 3 is 2.85 bits per heavy atom.